The number of ether oxygens (including phenoxy) is 1. The molecule has 3 rings (SSSR count). The van der Waals surface area contributed by atoms with Gasteiger partial charge in [-0.2, -0.15) is 4.31 Å². The Balaban J connectivity index is 1.78. The molecule has 1 saturated heterocycles. The predicted octanol–water partition coefficient (Wildman–Crippen LogP) is 1.06. The molecule has 0 spiro atoms. The van der Waals surface area contributed by atoms with Gasteiger partial charge >= 0.3 is 0 Å². The summed E-state index contributed by atoms with van der Waals surface area (Å²) in [5.41, 5.74) is 0.837. The maximum Gasteiger partial charge on any atom is 0.251 e. The number of amides is 1. The summed E-state index contributed by atoms with van der Waals surface area (Å²) in [5.74, 6) is -0.289. The maximum atomic E-state index is 12.9. The molecule has 2 aromatic carbocycles. The van der Waals surface area contributed by atoms with Crippen LogP contribution in [0.5, 0.6) is 5.75 Å². The van der Waals surface area contributed by atoms with E-state index in [0.29, 0.717) is 18.7 Å². The summed E-state index contributed by atoms with van der Waals surface area (Å²) in [6.07, 6.45) is 1.60. The molecule has 1 heterocycles. The predicted molar refractivity (Wildman–Crippen MR) is 110 cm³/mol. The summed E-state index contributed by atoms with van der Waals surface area (Å²) in [6.45, 7) is 1.01. The zero-order valence-electron chi connectivity index (χ0n) is 16.4. The van der Waals surface area contributed by atoms with Gasteiger partial charge in [0.15, 0.2) is 0 Å². The lowest BCUT2D eigenvalue weighted by Crippen LogP contribution is -2.29. The Morgan fingerprint density at radius 3 is 2.27 bits per heavy atom. The quantitative estimate of drug-likeness (QED) is 0.643. The van der Waals surface area contributed by atoms with Crippen LogP contribution in [-0.4, -0.2) is 47.2 Å². The van der Waals surface area contributed by atoms with Crippen LogP contribution in [0.2, 0.25) is 0 Å². The van der Waals surface area contributed by atoms with Gasteiger partial charge < -0.3 is 10.1 Å². The number of methoxy groups -OCH3 is 1. The molecule has 1 amide bonds. The standard InChI is InChI=1S/C19H23N3O6S2/c1-28-17-9-6-15(12-18(17)30(26,27)22-10-2-3-11-22)19(23)21-13-14-4-7-16(8-5-14)29(20,24)25/h4-9,12H,2-3,10-11,13H2,1H3,(H,21,23)(H2,20,24,25). The second kappa shape index (κ2) is 8.72. The van der Waals surface area contributed by atoms with Crippen molar-refractivity contribution in [3.8, 4) is 5.75 Å². The average Bonchev–Trinajstić information content (AvgIpc) is 3.27. The van der Waals surface area contributed by atoms with Crippen molar-refractivity contribution in [2.75, 3.05) is 20.2 Å². The molecule has 0 radical (unpaired) electrons. The molecule has 0 unspecified atom stereocenters. The first kappa shape index (κ1) is 22.2. The molecular weight excluding hydrogens is 430 g/mol. The van der Waals surface area contributed by atoms with E-state index in [2.05, 4.69) is 5.32 Å². The van der Waals surface area contributed by atoms with Crippen LogP contribution in [0.4, 0.5) is 0 Å². The molecule has 3 N–H and O–H groups in total. The van der Waals surface area contributed by atoms with Gasteiger partial charge in [-0.1, -0.05) is 12.1 Å². The van der Waals surface area contributed by atoms with Gasteiger partial charge in [-0.15, -0.1) is 0 Å². The third-order valence-corrected chi connectivity index (χ3v) is 7.66. The highest BCUT2D eigenvalue weighted by molar-refractivity contribution is 7.89. The van der Waals surface area contributed by atoms with Crippen LogP contribution in [0.1, 0.15) is 28.8 Å². The van der Waals surface area contributed by atoms with Crippen molar-refractivity contribution in [1.29, 1.82) is 0 Å². The number of benzene rings is 2. The fraction of sp³-hybridized carbons (Fsp3) is 0.316. The molecule has 0 atom stereocenters. The van der Waals surface area contributed by atoms with Crippen LogP contribution >= 0.6 is 0 Å². The number of rotatable bonds is 7. The summed E-state index contributed by atoms with van der Waals surface area (Å²) in [7, 11) is -6.17. The van der Waals surface area contributed by atoms with Gasteiger partial charge in [-0.05, 0) is 48.7 Å². The maximum absolute atomic E-state index is 12.9. The van der Waals surface area contributed by atoms with Gasteiger partial charge in [0, 0.05) is 25.2 Å². The van der Waals surface area contributed by atoms with Crippen molar-refractivity contribution in [2.24, 2.45) is 5.14 Å². The summed E-state index contributed by atoms with van der Waals surface area (Å²) < 4.78 is 55.1. The molecule has 0 saturated carbocycles. The highest BCUT2D eigenvalue weighted by Crippen LogP contribution is 2.29. The van der Waals surface area contributed by atoms with E-state index < -0.39 is 26.0 Å². The molecule has 1 aliphatic rings. The second-order valence-corrected chi connectivity index (χ2v) is 10.3. The minimum atomic E-state index is -3.79. The van der Waals surface area contributed by atoms with Gasteiger partial charge in [0.05, 0.1) is 12.0 Å². The normalized spacial score (nSPS) is 15.1. The van der Waals surface area contributed by atoms with Crippen LogP contribution in [0.3, 0.4) is 0 Å². The zero-order valence-corrected chi connectivity index (χ0v) is 18.0. The molecule has 0 bridgehead atoms. The van der Waals surface area contributed by atoms with Crippen molar-refractivity contribution in [3.63, 3.8) is 0 Å². The van der Waals surface area contributed by atoms with E-state index in [-0.39, 0.29) is 27.6 Å². The summed E-state index contributed by atoms with van der Waals surface area (Å²) in [6, 6.07) is 10.0. The Bertz CT molecular complexity index is 1140. The van der Waals surface area contributed by atoms with Crippen molar-refractivity contribution in [3.05, 3.63) is 53.6 Å². The van der Waals surface area contributed by atoms with Crippen molar-refractivity contribution >= 4 is 26.0 Å². The molecular formula is C19H23N3O6S2. The Kier molecular flexibility index (Phi) is 6.46. The first-order chi connectivity index (χ1) is 14.1. The lowest BCUT2D eigenvalue weighted by atomic mass is 10.2. The molecule has 1 fully saturated rings. The van der Waals surface area contributed by atoms with Gasteiger partial charge in [-0.3, -0.25) is 4.79 Å². The van der Waals surface area contributed by atoms with E-state index in [1.54, 1.807) is 0 Å². The summed E-state index contributed by atoms with van der Waals surface area (Å²) in [4.78, 5) is 12.5. The summed E-state index contributed by atoms with van der Waals surface area (Å²) in [5, 5.41) is 7.75. The van der Waals surface area contributed by atoms with Gasteiger partial charge in [0.2, 0.25) is 20.0 Å². The fourth-order valence-electron chi connectivity index (χ4n) is 3.17. The number of sulfonamides is 2. The fourth-order valence-corrected chi connectivity index (χ4v) is 5.38. The molecule has 11 heteroatoms. The molecule has 2 aromatic rings. The van der Waals surface area contributed by atoms with Gasteiger partial charge in [0.1, 0.15) is 10.6 Å². The summed E-state index contributed by atoms with van der Waals surface area (Å²) >= 11 is 0. The molecule has 1 aliphatic heterocycles. The van der Waals surface area contributed by atoms with E-state index in [1.807, 2.05) is 0 Å². The monoisotopic (exact) mass is 453 g/mol. The smallest absolute Gasteiger partial charge is 0.251 e. The number of nitrogens with one attached hydrogen (secondary N) is 1. The largest absolute Gasteiger partial charge is 0.495 e. The first-order valence-corrected chi connectivity index (χ1v) is 12.2. The lowest BCUT2D eigenvalue weighted by molar-refractivity contribution is 0.0950. The average molecular weight is 454 g/mol. The number of carbonyl (C=O) groups excluding carboxylic acids is 1. The number of hydrogen-bond donors (Lipinski definition) is 2. The Morgan fingerprint density at radius 1 is 1.07 bits per heavy atom. The number of carbonyl (C=O) groups is 1. The SMILES string of the molecule is COc1ccc(C(=O)NCc2ccc(S(N)(=O)=O)cc2)cc1S(=O)(=O)N1CCCC1. The van der Waals surface area contributed by atoms with Crippen LogP contribution in [0, 0.1) is 0 Å². The van der Waals surface area contributed by atoms with Crippen molar-refractivity contribution < 1.29 is 26.4 Å². The van der Waals surface area contributed by atoms with E-state index >= 15 is 0 Å². The Labute approximate surface area is 175 Å². The molecule has 30 heavy (non-hydrogen) atoms. The highest BCUT2D eigenvalue weighted by atomic mass is 32.2. The lowest BCUT2D eigenvalue weighted by Gasteiger charge is -2.18. The zero-order chi connectivity index (χ0) is 21.9. The van der Waals surface area contributed by atoms with Gasteiger partial charge in [0.25, 0.3) is 5.91 Å². The molecule has 162 valence electrons. The minimum absolute atomic E-state index is 0.0236. The van der Waals surface area contributed by atoms with E-state index in [1.165, 1.54) is 53.9 Å². The third-order valence-electron chi connectivity index (χ3n) is 4.81. The Morgan fingerprint density at radius 2 is 1.70 bits per heavy atom. The van der Waals surface area contributed by atoms with Crippen molar-refractivity contribution in [2.45, 2.75) is 29.2 Å². The van der Waals surface area contributed by atoms with Crippen LogP contribution in [0.15, 0.2) is 52.3 Å². The highest BCUT2D eigenvalue weighted by Gasteiger charge is 2.30. The van der Waals surface area contributed by atoms with E-state index in [4.69, 9.17) is 9.88 Å². The van der Waals surface area contributed by atoms with E-state index in [9.17, 15) is 21.6 Å². The van der Waals surface area contributed by atoms with Crippen LogP contribution in [0.25, 0.3) is 0 Å². The second-order valence-electron chi connectivity index (χ2n) is 6.85. The molecule has 9 nitrogen and oxygen atoms in total. The molecule has 0 aliphatic carbocycles. The minimum Gasteiger partial charge on any atom is -0.495 e. The number of nitrogens with zero attached hydrogens (tertiary/aromatic N) is 1. The number of nitrogens with two attached hydrogens (primary N) is 1. The van der Waals surface area contributed by atoms with Crippen LogP contribution < -0.4 is 15.2 Å². The topological polar surface area (TPSA) is 136 Å². The number of hydrogen-bond acceptors (Lipinski definition) is 6. The van der Waals surface area contributed by atoms with Crippen LogP contribution in [-0.2, 0) is 26.6 Å². The number of primary sulfonamides is 1. The first-order valence-electron chi connectivity index (χ1n) is 9.21. The third kappa shape index (κ3) is 4.81. The Hall–Kier alpha value is -2.47. The van der Waals surface area contributed by atoms with Crippen molar-refractivity contribution in [1.82, 2.24) is 9.62 Å². The van der Waals surface area contributed by atoms with Gasteiger partial charge in [-0.25, -0.2) is 22.0 Å². The van der Waals surface area contributed by atoms with E-state index in [0.717, 1.165) is 12.8 Å². The molecule has 0 aromatic heterocycles.